The number of hydrogen-bond acceptors (Lipinski definition) is 3. The lowest BCUT2D eigenvalue weighted by Crippen LogP contribution is -2.60. The topological polar surface area (TPSA) is 24.5 Å². The van der Waals surface area contributed by atoms with Crippen LogP contribution in [0.5, 0.6) is 0 Å². The summed E-state index contributed by atoms with van der Waals surface area (Å²) in [5.41, 5.74) is 0. The first kappa shape index (κ1) is 16.3. The van der Waals surface area contributed by atoms with Gasteiger partial charge in [0.2, 0.25) is 0 Å². The highest BCUT2D eigenvalue weighted by Gasteiger charge is 2.34. The van der Waals surface area contributed by atoms with Crippen molar-refractivity contribution in [2.24, 2.45) is 17.8 Å². The molecule has 0 spiro atoms. The molecule has 3 nitrogen and oxygen atoms in total. The summed E-state index contributed by atoms with van der Waals surface area (Å²) in [6.45, 7) is 15.0. The van der Waals surface area contributed by atoms with Gasteiger partial charge in [0.15, 0.2) is 0 Å². The Morgan fingerprint density at radius 3 is 2.55 bits per heavy atom. The van der Waals surface area contributed by atoms with Gasteiger partial charge in [-0.25, -0.2) is 0 Å². The molecule has 5 unspecified atom stereocenters. The Hall–Kier alpha value is -0.120. The molecule has 0 aliphatic carbocycles. The van der Waals surface area contributed by atoms with Crippen molar-refractivity contribution in [2.45, 2.75) is 59.0 Å². The molecule has 2 aliphatic heterocycles. The molecule has 0 aromatic heterocycles. The van der Waals surface area contributed by atoms with E-state index in [0.29, 0.717) is 12.1 Å². The van der Waals surface area contributed by atoms with Crippen LogP contribution >= 0.6 is 0 Å². The van der Waals surface area contributed by atoms with E-state index in [1.165, 1.54) is 32.4 Å². The summed E-state index contributed by atoms with van der Waals surface area (Å²) in [5.74, 6) is 2.31. The summed E-state index contributed by atoms with van der Waals surface area (Å²) >= 11 is 0. The van der Waals surface area contributed by atoms with Crippen molar-refractivity contribution in [3.05, 3.63) is 0 Å². The van der Waals surface area contributed by atoms with Crippen LogP contribution in [0.15, 0.2) is 0 Å². The second kappa shape index (κ2) is 7.77. The third-order valence-electron chi connectivity index (χ3n) is 5.64. The summed E-state index contributed by atoms with van der Waals surface area (Å²) in [5, 5.41) is 3.82. The van der Waals surface area contributed by atoms with Crippen molar-refractivity contribution in [1.82, 2.24) is 10.2 Å². The Morgan fingerprint density at radius 1 is 1.20 bits per heavy atom. The highest BCUT2D eigenvalue weighted by Crippen LogP contribution is 2.24. The Labute approximate surface area is 125 Å². The third-order valence-corrected chi connectivity index (χ3v) is 5.64. The maximum absolute atomic E-state index is 5.57. The molecular formula is C17H34N2O. The molecule has 0 saturated carbocycles. The van der Waals surface area contributed by atoms with E-state index in [1.54, 1.807) is 0 Å². The fraction of sp³-hybridized carbons (Fsp3) is 1.00. The first-order chi connectivity index (χ1) is 9.65. The molecule has 2 aliphatic rings. The molecule has 0 aromatic rings. The molecule has 20 heavy (non-hydrogen) atoms. The highest BCUT2D eigenvalue weighted by molar-refractivity contribution is 4.91. The van der Waals surface area contributed by atoms with Crippen LogP contribution in [0.4, 0.5) is 0 Å². The van der Waals surface area contributed by atoms with Crippen LogP contribution in [0.25, 0.3) is 0 Å². The molecule has 0 amide bonds. The second-order valence-corrected chi connectivity index (χ2v) is 7.04. The maximum atomic E-state index is 5.57. The minimum atomic E-state index is 0.669. The maximum Gasteiger partial charge on any atom is 0.0507 e. The van der Waals surface area contributed by atoms with Gasteiger partial charge in [0, 0.05) is 38.3 Å². The van der Waals surface area contributed by atoms with E-state index in [0.717, 1.165) is 37.5 Å². The van der Waals surface area contributed by atoms with E-state index in [9.17, 15) is 0 Å². The fourth-order valence-electron chi connectivity index (χ4n) is 3.62. The zero-order chi connectivity index (χ0) is 14.5. The summed E-state index contributed by atoms with van der Waals surface area (Å²) in [6.07, 6.45) is 3.80. The first-order valence-corrected chi connectivity index (χ1v) is 8.70. The van der Waals surface area contributed by atoms with E-state index in [-0.39, 0.29) is 0 Å². The Balaban J connectivity index is 1.97. The van der Waals surface area contributed by atoms with Crippen LogP contribution < -0.4 is 5.32 Å². The van der Waals surface area contributed by atoms with E-state index in [2.05, 4.69) is 37.9 Å². The number of hydrogen-bond donors (Lipinski definition) is 1. The predicted octanol–water partition coefficient (Wildman–Crippen LogP) is 2.76. The van der Waals surface area contributed by atoms with Crippen molar-refractivity contribution in [2.75, 3.05) is 32.8 Å². The van der Waals surface area contributed by atoms with Gasteiger partial charge in [-0.2, -0.15) is 0 Å². The van der Waals surface area contributed by atoms with Crippen molar-refractivity contribution >= 4 is 0 Å². The van der Waals surface area contributed by atoms with Gasteiger partial charge < -0.3 is 10.1 Å². The Kier molecular flexibility index (Phi) is 6.31. The molecule has 118 valence electrons. The summed E-state index contributed by atoms with van der Waals surface area (Å²) < 4.78 is 5.57. The summed E-state index contributed by atoms with van der Waals surface area (Å²) in [4.78, 5) is 2.78. The minimum absolute atomic E-state index is 0.669. The van der Waals surface area contributed by atoms with Crippen LogP contribution in [0.1, 0.15) is 47.0 Å². The molecular weight excluding hydrogens is 248 g/mol. The fourth-order valence-corrected chi connectivity index (χ4v) is 3.62. The van der Waals surface area contributed by atoms with Gasteiger partial charge >= 0.3 is 0 Å². The molecule has 2 rings (SSSR count). The van der Waals surface area contributed by atoms with Gasteiger partial charge in [-0.1, -0.05) is 40.5 Å². The van der Waals surface area contributed by atoms with Crippen LogP contribution in [-0.2, 0) is 4.74 Å². The Bertz CT molecular complexity index is 278. The van der Waals surface area contributed by atoms with E-state index in [1.807, 2.05) is 0 Å². The molecule has 5 atom stereocenters. The minimum Gasteiger partial charge on any atom is -0.381 e. The zero-order valence-electron chi connectivity index (χ0n) is 13.9. The van der Waals surface area contributed by atoms with Crippen molar-refractivity contribution < 1.29 is 4.74 Å². The number of ether oxygens (including phenoxy) is 1. The van der Waals surface area contributed by atoms with Crippen LogP contribution in [-0.4, -0.2) is 49.8 Å². The number of piperazine rings is 1. The van der Waals surface area contributed by atoms with E-state index in [4.69, 9.17) is 4.74 Å². The van der Waals surface area contributed by atoms with E-state index < -0.39 is 0 Å². The van der Waals surface area contributed by atoms with Gasteiger partial charge in [0.25, 0.3) is 0 Å². The quantitative estimate of drug-likeness (QED) is 0.811. The monoisotopic (exact) mass is 282 g/mol. The number of nitrogens with one attached hydrogen (secondary N) is 1. The van der Waals surface area contributed by atoms with Gasteiger partial charge in [-0.3, -0.25) is 4.90 Å². The lowest BCUT2D eigenvalue weighted by molar-refractivity contribution is 0.0587. The summed E-state index contributed by atoms with van der Waals surface area (Å²) in [6, 6.07) is 1.38. The SMILES string of the molecule is CCC(C)C1CN(CC2CCOC2)C(C(C)CC)CN1. The van der Waals surface area contributed by atoms with E-state index >= 15 is 0 Å². The normalized spacial score (nSPS) is 35.1. The molecule has 3 heteroatoms. The smallest absolute Gasteiger partial charge is 0.0507 e. The molecule has 1 N–H and O–H groups in total. The van der Waals surface area contributed by atoms with Gasteiger partial charge in [0.05, 0.1) is 6.61 Å². The number of rotatable bonds is 6. The molecule has 2 fully saturated rings. The Morgan fingerprint density at radius 2 is 1.95 bits per heavy atom. The van der Waals surface area contributed by atoms with Gasteiger partial charge in [0.1, 0.15) is 0 Å². The standard InChI is InChI=1S/C17H34N2O/c1-5-13(3)16-11-19(10-15-7-8-20-12-15)17(9-18-16)14(4)6-2/h13-18H,5-12H2,1-4H3. The molecule has 0 radical (unpaired) electrons. The van der Waals surface area contributed by atoms with Crippen molar-refractivity contribution in [3.8, 4) is 0 Å². The molecule has 0 bridgehead atoms. The van der Waals surface area contributed by atoms with Gasteiger partial charge in [-0.05, 0) is 24.2 Å². The molecule has 2 heterocycles. The molecule has 2 saturated heterocycles. The van der Waals surface area contributed by atoms with Crippen LogP contribution in [0.3, 0.4) is 0 Å². The highest BCUT2D eigenvalue weighted by atomic mass is 16.5. The largest absolute Gasteiger partial charge is 0.381 e. The lowest BCUT2D eigenvalue weighted by atomic mass is 9.89. The lowest BCUT2D eigenvalue weighted by Gasteiger charge is -2.45. The first-order valence-electron chi connectivity index (χ1n) is 8.70. The zero-order valence-corrected chi connectivity index (χ0v) is 13.9. The molecule has 0 aromatic carbocycles. The predicted molar refractivity (Wildman–Crippen MR) is 85.0 cm³/mol. The van der Waals surface area contributed by atoms with Crippen LogP contribution in [0, 0.1) is 17.8 Å². The van der Waals surface area contributed by atoms with Crippen molar-refractivity contribution in [1.29, 1.82) is 0 Å². The average molecular weight is 282 g/mol. The van der Waals surface area contributed by atoms with Crippen LogP contribution in [0.2, 0.25) is 0 Å². The van der Waals surface area contributed by atoms with Gasteiger partial charge in [-0.15, -0.1) is 0 Å². The average Bonchev–Trinajstić information content (AvgIpc) is 2.98. The summed E-state index contributed by atoms with van der Waals surface area (Å²) in [7, 11) is 0. The van der Waals surface area contributed by atoms with Crippen molar-refractivity contribution in [3.63, 3.8) is 0 Å². The second-order valence-electron chi connectivity index (χ2n) is 7.04. The number of nitrogens with zero attached hydrogens (tertiary/aromatic N) is 1. The third kappa shape index (κ3) is 3.96.